The van der Waals surface area contributed by atoms with Gasteiger partial charge < -0.3 is 19.8 Å². The Morgan fingerprint density at radius 1 is 1.18 bits per heavy atom. The summed E-state index contributed by atoms with van der Waals surface area (Å²) in [5.74, 6) is 1.57. The van der Waals surface area contributed by atoms with Gasteiger partial charge in [0.05, 0.1) is 19.6 Å². The van der Waals surface area contributed by atoms with Gasteiger partial charge in [-0.05, 0) is 24.6 Å². The first-order valence-electron chi connectivity index (χ1n) is 6.69. The number of anilines is 2. The second-order valence-corrected chi connectivity index (χ2v) is 4.80. The third-order valence-corrected chi connectivity index (χ3v) is 3.39. The van der Waals surface area contributed by atoms with Crippen molar-refractivity contribution >= 4 is 22.7 Å². The van der Waals surface area contributed by atoms with Gasteiger partial charge in [-0.25, -0.2) is 0 Å². The van der Waals surface area contributed by atoms with Crippen LogP contribution < -0.4 is 20.3 Å². The standard InChI is InChI=1S/C15H16N4O3/c1-8-7-16-13-12(8)14(20)19-15(18-13)17-9-4-5-10(21-2)11(6-9)22-3/h4-7H,1-3H3,(H3,16,17,18,19,20). The van der Waals surface area contributed by atoms with Gasteiger partial charge in [-0.15, -0.1) is 0 Å². The second-order valence-electron chi connectivity index (χ2n) is 4.80. The number of aromatic amines is 2. The molecule has 0 saturated heterocycles. The molecule has 0 fully saturated rings. The lowest BCUT2D eigenvalue weighted by atomic mass is 10.2. The van der Waals surface area contributed by atoms with Gasteiger partial charge in [0, 0.05) is 18.0 Å². The maximum atomic E-state index is 12.1. The lowest BCUT2D eigenvalue weighted by Crippen LogP contribution is -2.11. The van der Waals surface area contributed by atoms with Crippen LogP contribution in [-0.2, 0) is 0 Å². The summed E-state index contributed by atoms with van der Waals surface area (Å²) in [6.07, 6.45) is 1.76. The largest absolute Gasteiger partial charge is 0.493 e. The van der Waals surface area contributed by atoms with Crippen molar-refractivity contribution in [3.63, 3.8) is 0 Å². The molecular weight excluding hydrogens is 284 g/mol. The van der Waals surface area contributed by atoms with E-state index in [2.05, 4.69) is 20.3 Å². The van der Waals surface area contributed by atoms with Crippen molar-refractivity contribution in [1.82, 2.24) is 15.0 Å². The number of H-pyrrole nitrogens is 2. The molecule has 3 N–H and O–H groups in total. The molecular formula is C15H16N4O3. The topological polar surface area (TPSA) is 92.0 Å². The number of nitrogens with zero attached hydrogens (tertiary/aromatic N) is 1. The normalized spacial score (nSPS) is 10.7. The highest BCUT2D eigenvalue weighted by molar-refractivity contribution is 5.79. The van der Waals surface area contributed by atoms with Crippen LogP contribution in [0.4, 0.5) is 11.6 Å². The Kier molecular flexibility index (Phi) is 3.46. The molecule has 1 aromatic carbocycles. The van der Waals surface area contributed by atoms with E-state index in [4.69, 9.17) is 9.47 Å². The fourth-order valence-corrected chi connectivity index (χ4v) is 2.30. The predicted molar refractivity (Wildman–Crippen MR) is 84.3 cm³/mol. The van der Waals surface area contributed by atoms with Gasteiger partial charge in [0.1, 0.15) is 5.65 Å². The Bertz CT molecular complexity index is 882. The summed E-state index contributed by atoms with van der Waals surface area (Å²) >= 11 is 0. The maximum absolute atomic E-state index is 12.1. The van der Waals surface area contributed by atoms with Crippen molar-refractivity contribution in [1.29, 1.82) is 0 Å². The number of hydrogen-bond acceptors (Lipinski definition) is 5. The van der Waals surface area contributed by atoms with E-state index < -0.39 is 0 Å². The van der Waals surface area contributed by atoms with Crippen molar-refractivity contribution in [2.75, 3.05) is 19.5 Å². The molecule has 0 amide bonds. The van der Waals surface area contributed by atoms with Crippen molar-refractivity contribution in [2.24, 2.45) is 0 Å². The van der Waals surface area contributed by atoms with Gasteiger partial charge in [-0.2, -0.15) is 4.98 Å². The quantitative estimate of drug-likeness (QED) is 0.687. The zero-order valence-electron chi connectivity index (χ0n) is 12.5. The third-order valence-electron chi connectivity index (χ3n) is 3.39. The van der Waals surface area contributed by atoms with E-state index in [1.165, 1.54) is 0 Å². The first-order valence-corrected chi connectivity index (χ1v) is 6.69. The van der Waals surface area contributed by atoms with Gasteiger partial charge >= 0.3 is 0 Å². The van der Waals surface area contributed by atoms with E-state index in [9.17, 15) is 4.79 Å². The molecule has 7 nitrogen and oxygen atoms in total. The molecule has 0 aliphatic heterocycles. The SMILES string of the molecule is COc1ccc(Nc2nc3[nH]cc(C)c3c(=O)[nH]2)cc1OC. The first kappa shape index (κ1) is 14.0. The van der Waals surface area contributed by atoms with E-state index in [1.54, 1.807) is 32.5 Å². The molecule has 0 atom stereocenters. The summed E-state index contributed by atoms with van der Waals surface area (Å²) in [5.41, 5.74) is 1.95. The smallest absolute Gasteiger partial charge is 0.262 e. The highest BCUT2D eigenvalue weighted by atomic mass is 16.5. The number of aromatic nitrogens is 3. The van der Waals surface area contributed by atoms with Gasteiger partial charge in [-0.1, -0.05) is 0 Å². The Balaban J connectivity index is 1.98. The molecule has 114 valence electrons. The van der Waals surface area contributed by atoms with E-state index in [1.807, 2.05) is 13.0 Å². The number of ether oxygens (including phenoxy) is 2. The van der Waals surface area contributed by atoms with Crippen molar-refractivity contribution in [2.45, 2.75) is 6.92 Å². The number of rotatable bonds is 4. The average molecular weight is 300 g/mol. The third kappa shape index (κ3) is 2.37. The molecule has 0 saturated carbocycles. The molecule has 0 bridgehead atoms. The van der Waals surface area contributed by atoms with Crippen LogP contribution >= 0.6 is 0 Å². The fourth-order valence-electron chi connectivity index (χ4n) is 2.30. The number of fused-ring (bicyclic) bond motifs is 1. The Labute approximate surface area is 126 Å². The summed E-state index contributed by atoms with van der Waals surface area (Å²) in [4.78, 5) is 22.2. The van der Waals surface area contributed by atoms with Crippen LogP contribution in [0.2, 0.25) is 0 Å². The predicted octanol–water partition coefficient (Wildman–Crippen LogP) is 2.32. The minimum atomic E-state index is -0.188. The Morgan fingerprint density at radius 3 is 2.68 bits per heavy atom. The minimum Gasteiger partial charge on any atom is -0.493 e. The molecule has 3 rings (SSSR count). The number of aryl methyl sites for hydroxylation is 1. The molecule has 3 aromatic rings. The van der Waals surface area contributed by atoms with Crippen LogP contribution in [0, 0.1) is 6.92 Å². The number of methoxy groups -OCH3 is 2. The summed E-state index contributed by atoms with van der Waals surface area (Å²) in [6, 6.07) is 5.35. The number of benzene rings is 1. The van der Waals surface area contributed by atoms with E-state index in [0.717, 1.165) is 11.3 Å². The molecule has 7 heteroatoms. The van der Waals surface area contributed by atoms with Gasteiger partial charge in [-0.3, -0.25) is 9.78 Å². The lowest BCUT2D eigenvalue weighted by molar-refractivity contribution is 0.355. The molecule has 22 heavy (non-hydrogen) atoms. The molecule has 2 heterocycles. The van der Waals surface area contributed by atoms with Crippen molar-refractivity contribution < 1.29 is 9.47 Å². The summed E-state index contributed by atoms with van der Waals surface area (Å²) in [7, 11) is 3.14. The molecule has 2 aromatic heterocycles. The lowest BCUT2D eigenvalue weighted by Gasteiger charge is -2.10. The van der Waals surface area contributed by atoms with Crippen LogP contribution in [0.15, 0.2) is 29.2 Å². The van der Waals surface area contributed by atoms with Crippen LogP contribution in [0.5, 0.6) is 11.5 Å². The highest BCUT2D eigenvalue weighted by Crippen LogP contribution is 2.30. The van der Waals surface area contributed by atoms with Crippen molar-refractivity contribution in [3.05, 3.63) is 40.3 Å². The minimum absolute atomic E-state index is 0.188. The Morgan fingerprint density at radius 2 is 1.95 bits per heavy atom. The van der Waals surface area contributed by atoms with Crippen LogP contribution in [-0.4, -0.2) is 29.2 Å². The molecule has 0 radical (unpaired) electrons. The zero-order valence-corrected chi connectivity index (χ0v) is 12.5. The van der Waals surface area contributed by atoms with Gasteiger partial charge in [0.2, 0.25) is 5.95 Å². The Hall–Kier alpha value is -2.96. The van der Waals surface area contributed by atoms with Gasteiger partial charge in [0.15, 0.2) is 11.5 Å². The van der Waals surface area contributed by atoms with E-state index in [0.29, 0.717) is 28.5 Å². The molecule has 0 spiro atoms. The molecule has 0 aliphatic carbocycles. The van der Waals surface area contributed by atoms with Crippen LogP contribution in [0.1, 0.15) is 5.56 Å². The van der Waals surface area contributed by atoms with E-state index in [-0.39, 0.29) is 5.56 Å². The van der Waals surface area contributed by atoms with Crippen LogP contribution in [0.25, 0.3) is 11.0 Å². The summed E-state index contributed by atoms with van der Waals surface area (Å²) in [5, 5.41) is 3.62. The van der Waals surface area contributed by atoms with E-state index >= 15 is 0 Å². The molecule has 0 unspecified atom stereocenters. The van der Waals surface area contributed by atoms with Gasteiger partial charge in [0.25, 0.3) is 5.56 Å². The van der Waals surface area contributed by atoms with Crippen molar-refractivity contribution in [3.8, 4) is 11.5 Å². The average Bonchev–Trinajstić information content (AvgIpc) is 2.88. The second kappa shape index (κ2) is 5.44. The summed E-state index contributed by atoms with van der Waals surface area (Å²) < 4.78 is 10.4. The molecule has 0 aliphatic rings. The monoisotopic (exact) mass is 300 g/mol. The number of nitrogens with one attached hydrogen (secondary N) is 3. The number of hydrogen-bond donors (Lipinski definition) is 3. The zero-order chi connectivity index (χ0) is 15.7. The summed E-state index contributed by atoms with van der Waals surface area (Å²) in [6.45, 7) is 1.86. The fraction of sp³-hybridized carbons (Fsp3) is 0.200. The van der Waals surface area contributed by atoms with Crippen LogP contribution in [0.3, 0.4) is 0 Å². The maximum Gasteiger partial charge on any atom is 0.262 e. The first-order chi connectivity index (χ1) is 10.6. The highest BCUT2D eigenvalue weighted by Gasteiger charge is 2.09.